The number of aliphatic hydroxyl groups excluding tert-OH is 1. The summed E-state index contributed by atoms with van der Waals surface area (Å²) in [6.45, 7) is 0.485. The van der Waals surface area contributed by atoms with Gasteiger partial charge in [-0.25, -0.2) is 9.71 Å². The first kappa shape index (κ1) is 26.2. The van der Waals surface area contributed by atoms with E-state index in [0.717, 1.165) is 27.4 Å². The normalized spacial score (nSPS) is 18.1. The van der Waals surface area contributed by atoms with E-state index in [-0.39, 0.29) is 12.5 Å². The van der Waals surface area contributed by atoms with Gasteiger partial charge >= 0.3 is 10.2 Å². The van der Waals surface area contributed by atoms with E-state index < -0.39 is 16.1 Å². The molecule has 5 rings (SSSR count). The number of amides is 1. The zero-order valence-electron chi connectivity index (χ0n) is 20.7. The third kappa shape index (κ3) is 6.54. The van der Waals surface area contributed by atoms with Crippen molar-refractivity contribution in [1.82, 2.24) is 14.3 Å². The van der Waals surface area contributed by atoms with Crippen LogP contribution in [0.1, 0.15) is 16.7 Å². The fraction of sp³-hybridized carbons (Fsp3) is 0.111. The lowest BCUT2D eigenvalue weighted by Crippen LogP contribution is -2.29. The van der Waals surface area contributed by atoms with Crippen molar-refractivity contribution in [2.45, 2.75) is 13.2 Å². The molecule has 1 amide bonds. The molecule has 2 heterocycles. The molecular formula is C27H24N4O6S2. The van der Waals surface area contributed by atoms with Gasteiger partial charge in [0.2, 0.25) is 5.88 Å². The standard InChI is InChI=1S/C27H24N4O6S2/c1-36-22-10-6-20(7-11-22)17-37-23-12-4-18(5-13-23)14-24-26(33)29-27(38-24)28-21-8-2-19(3-9-21)15-31-16-25(32)30-39(31,34)35/h2-14,16,30,32H,15,17H2,1H3,(H,28,29,33). The number of hydrogen-bond donors (Lipinski definition) is 3. The Kier molecular flexibility index (Phi) is 7.48. The molecule has 2 aliphatic heterocycles. The summed E-state index contributed by atoms with van der Waals surface area (Å²) in [7, 11) is -2.15. The van der Waals surface area contributed by atoms with E-state index in [4.69, 9.17) is 9.47 Å². The highest BCUT2D eigenvalue weighted by Crippen LogP contribution is 2.29. The Labute approximate surface area is 229 Å². The third-order valence-corrected chi connectivity index (χ3v) is 7.94. The van der Waals surface area contributed by atoms with Crippen molar-refractivity contribution in [2.24, 2.45) is 4.99 Å². The van der Waals surface area contributed by atoms with Crippen LogP contribution in [-0.2, 0) is 28.2 Å². The number of thioether (sulfide) groups is 1. The predicted molar refractivity (Wildman–Crippen MR) is 149 cm³/mol. The summed E-state index contributed by atoms with van der Waals surface area (Å²) in [6, 6.07) is 22.0. The van der Waals surface area contributed by atoms with Crippen LogP contribution in [-0.4, -0.2) is 36.0 Å². The molecule has 200 valence electrons. The molecule has 0 atom stereocenters. The van der Waals surface area contributed by atoms with E-state index in [1.807, 2.05) is 53.3 Å². The Balaban J connectivity index is 1.18. The van der Waals surface area contributed by atoms with E-state index in [1.165, 1.54) is 11.8 Å². The number of benzene rings is 3. The lowest BCUT2D eigenvalue weighted by atomic mass is 10.2. The van der Waals surface area contributed by atoms with Gasteiger partial charge in [-0.15, -0.1) is 0 Å². The first-order chi connectivity index (χ1) is 18.8. The molecule has 2 aliphatic rings. The second kappa shape index (κ2) is 11.1. The first-order valence-electron chi connectivity index (χ1n) is 11.7. The van der Waals surface area contributed by atoms with Crippen LogP contribution in [0.15, 0.2) is 94.8 Å². The van der Waals surface area contributed by atoms with Crippen molar-refractivity contribution in [3.05, 3.63) is 106 Å². The minimum atomic E-state index is -3.78. The van der Waals surface area contributed by atoms with Gasteiger partial charge in [0, 0.05) is 0 Å². The molecule has 1 saturated heterocycles. The first-order valence-corrected chi connectivity index (χ1v) is 14.0. The smallest absolute Gasteiger partial charge is 0.326 e. The number of rotatable bonds is 8. The van der Waals surface area contributed by atoms with Crippen molar-refractivity contribution in [1.29, 1.82) is 0 Å². The predicted octanol–water partition coefficient (Wildman–Crippen LogP) is 4.17. The second-order valence-electron chi connectivity index (χ2n) is 8.52. The van der Waals surface area contributed by atoms with Gasteiger partial charge in [-0.3, -0.25) is 9.10 Å². The Hall–Kier alpha value is -4.42. The Morgan fingerprint density at radius 2 is 1.64 bits per heavy atom. The van der Waals surface area contributed by atoms with Crippen molar-refractivity contribution in [3.63, 3.8) is 0 Å². The number of carbonyl (C=O) groups is 1. The Morgan fingerprint density at radius 3 is 2.28 bits per heavy atom. The highest BCUT2D eigenvalue weighted by Gasteiger charge is 2.27. The van der Waals surface area contributed by atoms with Crippen LogP contribution in [0.3, 0.4) is 0 Å². The van der Waals surface area contributed by atoms with Gasteiger partial charge in [0.05, 0.1) is 30.4 Å². The fourth-order valence-corrected chi connectivity index (χ4v) is 5.54. The highest BCUT2D eigenvalue weighted by molar-refractivity contribution is 8.18. The van der Waals surface area contributed by atoms with Crippen LogP contribution in [0.25, 0.3) is 6.08 Å². The highest BCUT2D eigenvalue weighted by atomic mass is 32.2. The second-order valence-corrected chi connectivity index (χ2v) is 11.2. The molecule has 0 aromatic heterocycles. The van der Waals surface area contributed by atoms with Crippen LogP contribution >= 0.6 is 11.8 Å². The van der Waals surface area contributed by atoms with Gasteiger partial charge in [-0.05, 0) is 70.9 Å². The molecule has 0 aliphatic carbocycles. The van der Waals surface area contributed by atoms with Crippen molar-refractivity contribution < 1.29 is 27.8 Å². The van der Waals surface area contributed by atoms with Gasteiger partial charge in [-0.1, -0.05) is 36.4 Å². The number of nitrogens with zero attached hydrogens (tertiary/aromatic N) is 2. The molecule has 3 aromatic rings. The van der Waals surface area contributed by atoms with Crippen LogP contribution in [0.2, 0.25) is 0 Å². The number of aliphatic imine (C=N–C) groups is 1. The molecule has 39 heavy (non-hydrogen) atoms. The van der Waals surface area contributed by atoms with Gasteiger partial charge in [0.15, 0.2) is 5.17 Å². The van der Waals surface area contributed by atoms with E-state index in [9.17, 15) is 18.3 Å². The lowest BCUT2D eigenvalue weighted by molar-refractivity contribution is -0.115. The molecule has 0 bridgehead atoms. The summed E-state index contributed by atoms with van der Waals surface area (Å²) in [5.41, 5.74) is 3.18. The molecule has 3 aromatic carbocycles. The maximum absolute atomic E-state index is 12.5. The van der Waals surface area contributed by atoms with Gasteiger partial charge in [-0.2, -0.15) is 8.42 Å². The van der Waals surface area contributed by atoms with E-state index in [1.54, 1.807) is 37.5 Å². The summed E-state index contributed by atoms with van der Waals surface area (Å²) < 4.78 is 37.8. The number of hydrogen-bond acceptors (Lipinski definition) is 8. The van der Waals surface area contributed by atoms with Gasteiger partial charge in [0.25, 0.3) is 5.91 Å². The average molecular weight is 565 g/mol. The average Bonchev–Trinajstić information content (AvgIpc) is 3.40. The van der Waals surface area contributed by atoms with Crippen LogP contribution in [0, 0.1) is 0 Å². The third-order valence-electron chi connectivity index (χ3n) is 5.71. The van der Waals surface area contributed by atoms with Gasteiger partial charge in [0.1, 0.15) is 18.1 Å². The minimum Gasteiger partial charge on any atom is -0.497 e. The number of ether oxygens (including phenoxy) is 2. The van der Waals surface area contributed by atoms with Crippen LogP contribution < -0.4 is 19.5 Å². The molecule has 3 N–H and O–H groups in total. The SMILES string of the molecule is COc1ccc(COc2ccc(C=C3SC(=Nc4ccc(CN5C=C(O)NS5(=O)=O)cc4)NC3=O)cc2)cc1. The van der Waals surface area contributed by atoms with Gasteiger partial charge < -0.3 is 19.9 Å². The number of amidine groups is 1. The fourth-order valence-electron chi connectivity index (χ4n) is 3.71. The van der Waals surface area contributed by atoms with E-state index in [2.05, 4.69) is 10.3 Å². The quantitative estimate of drug-likeness (QED) is 0.350. The number of methoxy groups -OCH3 is 1. The molecule has 0 radical (unpaired) electrons. The maximum Gasteiger partial charge on any atom is 0.326 e. The van der Waals surface area contributed by atoms with Crippen LogP contribution in [0.4, 0.5) is 5.69 Å². The number of carbonyl (C=O) groups excluding carboxylic acids is 1. The minimum absolute atomic E-state index is 0.0555. The van der Waals surface area contributed by atoms with Crippen LogP contribution in [0.5, 0.6) is 11.5 Å². The van der Waals surface area contributed by atoms with Crippen molar-refractivity contribution >= 4 is 44.8 Å². The summed E-state index contributed by atoms with van der Waals surface area (Å²) >= 11 is 1.23. The van der Waals surface area contributed by atoms with Crippen molar-refractivity contribution in [2.75, 3.05) is 7.11 Å². The van der Waals surface area contributed by atoms with Crippen molar-refractivity contribution in [3.8, 4) is 11.5 Å². The molecular weight excluding hydrogens is 540 g/mol. The summed E-state index contributed by atoms with van der Waals surface area (Å²) in [5.74, 6) is 0.842. The molecule has 12 heteroatoms. The van der Waals surface area contributed by atoms with E-state index >= 15 is 0 Å². The summed E-state index contributed by atoms with van der Waals surface area (Å²) in [5, 5.41) is 12.6. The lowest BCUT2D eigenvalue weighted by Gasteiger charge is -2.13. The maximum atomic E-state index is 12.5. The topological polar surface area (TPSA) is 130 Å². The largest absolute Gasteiger partial charge is 0.497 e. The number of nitrogens with one attached hydrogen (secondary N) is 2. The zero-order valence-corrected chi connectivity index (χ0v) is 22.3. The Morgan fingerprint density at radius 1 is 0.974 bits per heavy atom. The van der Waals surface area contributed by atoms with E-state index in [0.29, 0.717) is 33.7 Å². The molecule has 0 unspecified atom stereocenters. The number of aliphatic hydroxyl groups is 1. The molecule has 0 spiro atoms. The summed E-state index contributed by atoms with van der Waals surface area (Å²) in [6.07, 6.45) is 2.90. The molecule has 10 nitrogen and oxygen atoms in total. The Bertz CT molecular complexity index is 1570. The molecule has 1 fully saturated rings. The summed E-state index contributed by atoms with van der Waals surface area (Å²) in [4.78, 5) is 17.5. The zero-order chi connectivity index (χ0) is 27.4. The molecule has 0 saturated carbocycles. The monoisotopic (exact) mass is 564 g/mol.